The number of hydrogen-bond acceptors (Lipinski definition) is 3. The summed E-state index contributed by atoms with van der Waals surface area (Å²) in [6, 6.07) is 0. The van der Waals surface area contributed by atoms with Gasteiger partial charge < -0.3 is 15.3 Å². The minimum Gasteiger partial charge on any atom is -0.481 e. The predicted molar refractivity (Wildman–Crippen MR) is 69.0 cm³/mol. The maximum Gasteiger partial charge on any atom is 0.303 e. The molecule has 3 N–H and O–H groups in total. The average molecular weight is 248 g/mol. The molecule has 0 fully saturated rings. The van der Waals surface area contributed by atoms with E-state index in [1.165, 1.54) is 19.3 Å². The third-order valence-electron chi connectivity index (χ3n) is 2.43. The Hall–Kier alpha value is -0.610. The van der Waals surface area contributed by atoms with Gasteiger partial charge in [-0.2, -0.15) is 0 Å². The Morgan fingerprint density at radius 1 is 1.12 bits per heavy atom. The molecule has 0 spiro atoms. The Morgan fingerprint density at radius 3 is 2.06 bits per heavy atom. The van der Waals surface area contributed by atoms with Crippen molar-refractivity contribution in [3.63, 3.8) is 0 Å². The van der Waals surface area contributed by atoms with Crippen molar-refractivity contribution in [1.82, 2.24) is 0 Å². The van der Waals surface area contributed by atoms with Gasteiger partial charge in [0.1, 0.15) is 0 Å². The van der Waals surface area contributed by atoms with Gasteiger partial charge in [0.25, 0.3) is 0 Å². The number of aliphatic carboxylic acids is 1. The minimum atomic E-state index is -0.670. The number of carboxylic acids is 1. The van der Waals surface area contributed by atoms with Crippen LogP contribution in [0.4, 0.5) is 0 Å². The Balaban J connectivity index is 0. The van der Waals surface area contributed by atoms with Crippen molar-refractivity contribution in [2.45, 2.75) is 71.3 Å². The van der Waals surface area contributed by atoms with Crippen LogP contribution in [0.3, 0.4) is 0 Å². The molecular weight excluding hydrogens is 220 g/mol. The van der Waals surface area contributed by atoms with Crippen LogP contribution in [-0.4, -0.2) is 34.0 Å². The van der Waals surface area contributed by atoms with Gasteiger partial charge in [-0.25, -0.2) is 0 Å². The first-order valence-electron chi connectivity index (χ1n) is 6.59. The lowest BCUT2D eigenvalue weighted by Crippen LogP contribution is -2.05. The molecule has 1 unspecified atom stereocenters. The van der Waals surface area contributed by atoms with Gasteiger partial charge in [0.05, 0.1) is 6.10 Å². The monoisotopic (exact) mass is 248 g/mol. The number of aliphatic hydroxyl groups is 2. The zero-order chi connectivity index (χ0) is 13.5. The van der Waals surface area contributed by atoms with Crippen molar-refractivity contribution in [3.8, 4) is 0 Å². The van der Waals surface area contributed by atoms with Crippen LogP contribution in [0.5, 0.6) is 0 Å². The number of carbonyl (C=O) groups is 1. The molecule has 0 aromatic carbocycles. The molecule has 1 atom stereocenters. The van der Waals surface area contributed by atoms with Gasteiger partial charge in [0, 0.05) is 13.0 Å². The van der Waals surface area contributed by atoms with E-state index in [2.05, 4.69) is 6.92 Å². The molecule has 17 heavy (non-hydrogen) atoms. The molecule has 0 heterocycles. The van der Waals surface area contributed by atoms with E-state index >= 15 is 0 Å². The first kappa shape index (κ1) is 18.7. The summed E-state index contributed by atoms with van der Waals surface area (Å²) in [5.74, 6) is -0.670. The largest absolute Gasteiger partial charge is 0.481 e. The van der Waals surface area contributed by atoms with Gasteiger partial charge in [-0.1, -0.05) is 39.5 Å². The van der Waals surface area contributed by atoms with E-state index < -0.39 is 5.97 Å². The second-order valence-corrected chi connectivity index (χ2v) is 4.13. The molecule has 0 aliphatic carbocycles. The summed E-state index contributed by atoms with van der Waals surface area (Å²) in [5.41, 5.74) is 0. The highest BCUT2D eigenvalue weighted by Gasteiger charge is 1.95. The van der Waals surface area contributed by atoms with Gasteiger partial charge in [0.2, 0.25) is 0 Å². The molecule has 0 saturated heterocycles. The summed E-state index contributed by atoms with van der Waals surface area (Å²) >= 11 is 0. The van der Waals surface area contributed by atoms with Crippen LogP contribution >= 0.6 is 0 Å². The number of rotatable bonds is 9. The Bertz CT molecular complexity index is 159. The SMILES string of the molecule is CCC(O)CCO.CCCCCCCC(=O)O. The van der Waals surface area contributed by atoms with Gasteiger partial charge in [-0.15, -0.1) is 0 Å². The van der Waals surface area contributed by atoms with Crippen LogP contribution < -0.4 is 0 Å². The Kier molecular flexibility index (Phi) is 17.0. The molecule has 4 nitrogen and oxygen atoms in total. The van der Waals surface area contributed by atoms with Crippen LogP contribution in [0, 0.1) is 0 Å². The van der Waals surface area contributed by atoms with Crippen LogP contribution in [0.1, 0.15) is 65.2 Å². The third-order valence-corrected chi connectivity index (χ3v) is 2.43. The molecule has 0 aromatic rings. The highest BCUT2D eigenvalue weighted by molar-refractivity contribution is 5.66. The summed E-state index contributed by atoms with van der Waals surface area (Å²) < 4.78 is 0. The zero-order valence-corrected chi connectivity index (χ0v) is 11.2. The number of unbranched alkanes of at least 4 members (excludes halogenated alkanes) is 4. The van der Waals surface area contributed by atoms with Crippen LogP contribution in [0.15, 0.2) is 0 Å². The normalized spacial score (nSPS) is 11.5. The quantitative estimate of drug-likeness (QED) is 0.548. The lowest BCUT2D eigenvalue weighted by Gasteiger charge is -2.01. The standard InChI is InChI=1S/C8H16O2.C5H12O2/c1-2-3-4-5-6-7-8(9)10;1-2-5(7)3-4-6/h2-7H2,1H3,(H,9,10);5-7H,2-4H2,1H3. The van der Waals surface area contributed by atoms with E-state index in [0.717, 1.165) is 19.3 Å². The first-order chi connectivity index (χ1) is 8.08. The molecule has 0 aliphatic heterocycles. The molecule has 0 radical (unpaired) electrons. The molecule has 0 aromatic heterocycles. The van der Waals surface area contributed by atoms with Crippen molar-refractivity contribution in [3.05, 3.63) is 0 Å². The molecule has 0 bridgehead atoms. The second-order valence-electron chi connectivity index (χ2n) is 4.13. The summed E-state index contributed by atoms with van der Waals surface area (Å²) in [5, 5.41) is 25.2. The zero-order valence-electron chi connectivity index (χ0n) is 11.2. The van der Waals surface area contributed by atoms with E-state index in [9.17, 15) is 4.79 Å². The molecule has 104 valence electrons. The van der Waals surface area contributed by atoms with Crippen molar-refractivity contribution < 1.29 is 20.1 Å². The summed E-state index contributed by atoms with van der Waals surface area (Å²) in [7, 11) is 0. The van der Waals surface area contributed by atoms with E-state index in [-0.39, 0.29) is 12.7 Å². The fourth-order valence-electron chi connectivity index (χ4n) is 1.23. The topological polar surface area (TPSA) is 77.8 Å². The van der Waals surface area contributed by atoms with E-state index in [1.54, 1.807) is 0 Å². The van der Waals surface area contributed by atoms with E-state index in [4.69, 9.17) is 15.3 Å². The van der Waals surface area contributed by atoms with E-state index in [0.29, 0.717) is 12.8 Å². The molecule has 0 saturated carbocycles. The van der Waals surface area contributed by atoms with Crippen molar-refractivity contribution in [1.29, 1.82) is 0 Å². The van der Waals surface area contributed by atoms with Crippen molar-refractivity contribution >= 4 is 5.97 Å². The summed E-state index contributed by atoms with van der Waals surface area (Å²) in [4.78, 5) is 10.0. The molecule has 0 rings (SSSR count). The van der Waals surface area contributed by atoms with Crippen molar-refractivity contribution in [2.24, 2.45) is 0 Å². The molecule has 4 heteroatoms. The fraction of sp³-hybridized carbons (Fsp3) is 0.923. The lowest BCUT2D eigenvalue weighted by molar-refractivity contribution is -0.137. The predicted octanol–water partition coefficient (Wildman–Crippen LogP) is 2.57. The van der Waals surface area contributed by atoms with Gasteiger partial charge in [0.15, 0.2) is 0 Å². The smallest absolute Gasteiger partial charge is 0.303 e. The lowest BCUT2D eigenvalue weighted by atomic mass is 10.1. The Labute approximate surface area is 105 Å². The van der Waals surface area contributed by atoms with Crippen LogP contribution in [0.2, 0.25) is 0 Å². The summed E-state index contributed by atoms with van der Waals surface area (Å²) in [6.07, 6.45) is 6.83. The number of carboxylic acid groups (broad SMARTS) is 1. The second kappa shape index (κ2) is 15.4. The maximum absolute atomic E-state index is 10.0. The minimum absolute atomic E-state index is 0.0923. The highest BCUT2D eigenvalue weighted by Crippen LogP contribution is 2.04. The maximum atomic E-state index is 10.0. The Morgan fingerprint density at radius 2 is 1.71 bits per heavy atom. The van der Waals surface area contributed by atoms with Crippen LogP contribution in [0.25, 0.3) is 0 Å². The average Bonchev–Trinajstić information content (AvgIpc) is 2.29. The summed E-state index contributed by atoms with van der Waals surface area (Å²) in [6.45, 7) is 4.13. The molecule has 0 amide bonds. The first-order valence-corrected chi connectivity index (χ1v) is 6.59. The van der Waals surface area contributed by atoms with Gasteiger partial charge >= 0.3 is 5.97 Å². The highest BCUT2D eigenvalue weighted by atomic mass is 16.4. The number of hydrogen-bond donors (Lipinski definition) is 3. The fourth-order valence-corrected chi connectivity index (χ4v) is 1.23. The van der Waals surface area contributed by atoms with Gasteiger partial charge in [-0.3, -0.25) is 4.79 Å². The van der Waals surface area contributed by atoms with Crippen LogP contribution in [-0.2, 0) is 4.79 Å². The number of aliphatic hydroxyl groups excluding tert-OH is 2. The third kappa shape index (κ3) is 21.3. The van der Waals surface area contributed by atoms with E-state index in [1.807, 2.05) is 6.92 Å². The molecular formula is C13H28O4. The van der Waals surface area contributed by atoms with Gasteiger partial charge in [-0.05, 0) is 19.3 Å². The van der Waals surface area contributed by atoms with Crippen molar-refractivity contribution in [2.75, 3.05) is 6.61 Å². The molecule has 0 aliphatic rings.